The smallest absolute Gasteiger partial charge is 0.251 e. The fourth-order valence-electron chi connectivity index (χ4n) is 3.59. The lowest BCUT2D eigenvalue weighted by atomic mass is 10.1. The number of benzene rings is 1. The van der Waals surface area contributed by atoms with Crippen molar-refractivity contribution in [2.75, 3.05) is 5.73 Å². The molecule has 1 amide bonds. The van der Waals surface area contributed by atoms with E-state index in [0.29, 0.717) is 29.4 Å². The lowest BCUT2D eigenvalue weighted by Gasteiger charge is -2.12. The molecule has 31 heavy (non-hydrogen) atoms. The molecule has 6 nitrogen and oxygen atoms in total. The van der Waals surface area contributed by atoms with Crippen molar-refractivity contribution in [1.82, 2.24) is 20.3 Å². The summed E-state index contributed by atoms with van der Waals surface area (Å²) in [5.41, 5.74) is 11.8. The molecule has 3 heterocycles. The van der Waals surface area contributed by atoms with Gasteiger partial charge in [-0.15, -0.1) is 0 Å². The van der Waals surface area contributed by atoms with Crippen LogP contribution in [0.25, 0.3) is 10.9 Å². The lowest BCUT2D eigenvalue weighted by Crippen LogP contribution is -2.24. The molecule has 0 bridgehead atoms. The number of anilines is 1. The van der Waals surface area contributed by atoms with Gasteiger partial charge in [-0.1, -0.05) is 17.7 Å². The van der Waals surface area contributed by atoms with Crippen molar-refractivity contribution in [2.45, 2.75) is 26.8 Å². The molecule has 3 N–H and O–H groups in total. The van der Waals surface area contributed by atoms with Crippen LogP contribution in [-0.2, 0) is 13.0 Å². The molecule has 0 radical (unpaired) electrons. The summed E-state index contributed by atoms with van der Waals surface area (Å²) in [5.74, 6) is 0.320. The van der Waals surface area contributed by atoms with Gasteiger partial charge in [0.2, 0.25) is 0 Å². The van der Waals surface area contributed by atoms with E-state index in [2.05, 4.69) is 26.3 Å². The maximum absolute atomic E-state index is 12.7. The van der Waals surface area contributed by atoms with Crippen LogP contribution in [-0.4, -0.2) is 20.9 Å². The van der Waals surface area contributed by atoms with Gasteiger partial charge in [0.15, 0.2) is 0 Å². The van der Waals surface area contributed by atoms with Crippen molar-refractivity contribution >= 4 is 34.2 Å². The van der Waals surface area contributed by atoms with Gasteiger partial charge in [-0.25, -0.2) is 4.98 Å². The highest BCUT2D eigenvalue weighted by Gasteiger charge is 2.11. The highest BCUT2D eigenvalue weighted by atomic mass is 35.5. The van der Waals surface area contributed by atoms with Gasteiger partial charge in [-0.05, 0) is 66.9 Å². The number of hydrogen-bond donors (Lipinski definition) is 2. The first kappa shape index (κ1) is 20.8. The minimum Gasteiger partial charge on any atom is -0.384 e. The largest absolute Gasteiger partial charge is 0.384 e. The van der Waals surface area contributed by atoms with E-state index in [1.807, 2.05) is 50.4 Å². The number of aryl methyl sites for hydroxylation is 2. The molecular weight excluding hydrogens is 410 g/mol. The molecule has 0 unspecified atom stereocenters. The summed E-state index contributed by atoms with van der Waals surface area (Å²) in [4.78, 5) is 25.9. The zero-order chi connectivity index (χ0) is 22.0. The van der Waals surface area contributed by atoms with Crippen LogP contribution in [0.5, 0.6) is 0 Å². The van der Waals surface area contributed by atoms with Gasteiger partial charge >= 0.3 is 0 Å². The Morgan fingerprint density at radius 3 is 2.74 bits per heavy atom. The zero-order valence-corrected chi connectivity index (χ0v) is 18.1. The number of amides is 1. The summed E-state index contributed by atoms with van der Waals surface area (Å²) in [7, 11) is 0. The molecular formula is C24H22ClN5O. The Bertz CT molecular complexity index is 1270. The second-order valence-electron chi connectivity index (χ2n) is 7.50. The molecule has 156 valence electrons. The first-order valence-corrected chi connectivity index (χ1v) is 10.3. The minimum absolute atomic E-state index is 0.162. The van der Waals surface area contributed by atoms with E-state index in [0.717, 1.165) is 39.0 Å². The second kappa shape index (κ2) is 8.70. The molecule has 1 aromatic carbocycles. The summed E-state index contributed by atoms with van der Waals surface area (Å²) >= 11 is 6.03. The standard InChI is InChI=1S/C24H22ClN5O/c1-14-7-23(26)30-15(2)21(14)13-29-24(31)18-5-6-27-20(10-18)9-16-8-17-3-4-19(25)11-22(17)28-12-16/h3-8,10-12H,9,13H2,1-2H3,(H2,26,30)(H,29,31). The maximum atomic E-state index is 12.7. The topological polar surface area (TPSA) is 93.8 Å². The molecule has 0 saturated carbocycles. The predicted molar refractivity (Wildman–Crippen MR) is 123 cm³/mol. The van der Waals surface area contributed by atoms with Crippen LogP contribution in [0.15, 0.2) is 54.9 Å². The highest BCUT2D eigenvalue weighted by molar-refractivity contribution is 6.31. The van der Waals surface area contributed by atoms with Gasteiger partial charge in [0.25, 0.3) is 5.91 Å². The van der Waals surface area contributed by atoms with E-state index in [9.17, 15) is 4.79 Å². The average Bonchev–Trinajstić information content (AvgIpc) is 2.73. The van der Waals surface area contributed by atoms with Crippen LogP contribution in [0.2, 0.25) is 5.02 Å². The SMILES string of the molecule is Cc1cc(N)nc(C)c1CNC(=O)c1ccnc(Cc2cnc3cc(Cl)ccc3c2)c1. The van der Waals surface area contributed by atoms with Gasteiger partial charge < -0.3 is 11.1 Å². The number of hydrogen-bond acceptors (Lipinski definition) is 5. The molecule has 0 aliphatic heterocycles. The Hall–Kier alpha value is -3.51. The van der Waals surface area contributed by atoms with Gasteiger partial charge in [0.05, 0.1) is 5.52 Å². The van der Waals surface area contributed by atoms with E-state index in [4.69, 9.17) is 17.3 Å². The number of fused-ring (bicyclic) bond motifs is 1. The van der Waals surface area contributed by atoms with Crippen LogP contribution in [0.1, 0.15) is 38.4 Å². The summed E-state index contributed by atoms with van der Waals surface area (Å²) < 4.78 is 0. The molecule has 4 aromatic rings. The van der Waals surface area contributed by atoms with Crippen LogP contribution in [0, 0.1) is 13.8 Å². The number of halogens is 1. The van der Waals surface area contributed by atoms with Gasteiger partial charge in [-0.3, -0.25) is 14.8 Å². The Morgan fingerprint density at radius 1 is 1.10 bits per heavy atom. The van der Waals surface area contributed by atoms with Crippen LogP contribution in [0.3, 0.4) is 0 Å². The number of carbonyl (C=O) groups excluding carboxylic acids is 1. The highest BCUT2D eigenvalue weighted by Crippen LogP contribution is 2.20. The number of carbonyl (C=O) groups is 1. The molecule has 0 aliphatic rings. The van der Waals surface area contributed by atoms with Crippen molar-refractivity contribution in [1.29, 1.82) is 0 Å². The first-order chi connectivity index (χ1) is 14.9. The number of pyridine rings is 3. The fourth-order valence-corrected chi connectivity index (χ4v) is 3.75. The first-order valence-electron chi connectivity index (χ1n) is 9.89. The number of rotatable bonds is 5. The summed E-state index contributed by atoms with van der Waals surface area (Å²) in [5, 5.41) is 4.64. The van der Waals surface area contributed by atoms with Gasteiger partial charge in [0, 0.05) is 52.7 Å². The summed E-state index contributed by atoms with van der Waals surface area (Å²) in [6, 6.07) is 13.0. The Kier molecular flexibility index (Phi) is 5.82. The second-order valence-corrected chi connectivity index (χ2v) is 7.94. The number of nitrogens with one attached hydrogen (secondary N) is 1. The Morgan fingerprint density at radius 2 is 1.94 bits per heavy atom. The Labute approximate surface area is 185 Å². The molecule has 0 spiro atoms. The van der Waals surface area contributed by atoms with Gasteiger partial charge in [-0.2, -0.15) is 0 Å². The van der Waals surface area contributed by atoms with E-state index in [-0.39, 0.29) is 5.91 Å². The van der Waals surface area contributed by atoms with Crippen LogP contribution < -0.4 is 11.1 Å². The number of nitrogen functional groups attached to an aromatic ring is 1. The maximum Gasteiger partial charge on any atom is 0.251 e. The van der Waals surface area contributed by atoms with E-state index in [1.165, 1.54) is 0 Å². The van der Waals surface area contributed by atoms with E-state index in [1.54, 1.807) is 12.3 Å². The molecule has 4 rings (SSSR count). The number of nitrogens with two attached hydrogens (primary N) is 1. The number of nitrogens with zero attached hydrogens (tertiary/aromatic N) is 3. The molecule has 3 aromatic heterocycles. The normalized spacial score (nSPS) is 10.9. The summed E-state index contributed by atoms with van der Waals surface area (Å²) in [6.45, 7) is 4.24. The van der Waals surface area contributed by atoms with Crippen molar-refractivity contribution in [2.24, 2.45) is 0 Å². The van der Waals surface area contributed by atoms with E-state index < -0.39 is 0 Å². The fraction of sp³-hybridized carbons (Fsp3) is 0.167. The predicted octanol–water partition coefficient (Wildman–Crippen LogP) is 4.40. The quantitative estimate of drug-likeness (QED) is 0.488. The minimum atomic E-state index is -0.162. The average molecular weight is 432 g/mol. The molecule has 0 atom stereocenters. The monoisotopic (exact) mass is 431 g/mol. The summed E-state index contributed by atoms with van der Waals surface area (Å²) in [6.07, 6.45) is 4.04. The van der Waals surface area contributed by atoms with Crippen molar-refractivity contribution in [3.8, 4) is 0 Å². The number of aromatic nitrogens is 3. The molecule has 7 heteroatoms. The van der Waals surface area contributed by atoms with Crippen molar-refractivity contribution < 1.29 is 4.79 Å². The third kappa shape index (κ3) is 4.81. The molecule has 0 fully saturated rings. The zero-order valence-electron chi connectivity index (χ0n) is 17.3. The van der Waals surface area contributed by atoms with Crippen LogP contribution in [0.4, 0.5) is 5.82 Å². The third-order valence-corrected chi connectivity index (χ3v) is 5.40. The molecule has 0 aliphatic carbocycles. The van der Waals surface area contributed by atoms with Crippen molar-refractivity contribution in [3.63, 3.8) is 0 Å². The van der Waals surface area contributed by atoms with Gasteiger partial charge in [0.1, 0.15) is 5.82 Å². The van der Waals surface area contributed by atoms with Crippen LogP contribution >= 0.6 is 11.6 Å². The lowest BCUT2D eigenvalue weighted by molar-refractivity contribution is 0.0950. The third-order valence-electron chi connectivity index (χ3n) is 5.17. The van der Waals surface area contributed by atoms with E-state index >= 15 is 0 Å². The van der Waals surface area contributed by atoms with Crippen molar-refractivity contribution in [3.05, 3.63) is 93.5 Å². The Balaban J connectivity index is 1.48. The molecule has 0 saturated heterocycles.